The van der Waals surface area contributed by atoms with Gasteiger partial charge in [-0.1, -0.05) is 6.08 Å². The first-order valence-corrected chi connectivity index (χ1v) is 6.48. The summed E-state index contributed by atoms with van der Waals surface area (Å²) in [5.74, 6) is -2.32. The highest BCUT2D eigenvalue weighted by atomic mass is 16.5. The van der Waals surface area contributed by atoms with Crippen molar-refractivity contribution in [3.8, 4) is 0 Å². The molecule has 1 aliphatic heterocycles. The summed E-state index contributed by atoms with van der Waals surface area (Å²) in [5, 5.41) is 11.5. The minimum Gasteiger partial charge on any atom is -0.480 e. The van der Waals surface area contributed by atoms with E-state index >= 15 is 0 Å². The smallest absolute Gasteiger partial charge is 0.330 e. The fraction of sp³-hybridized carbons (Fsp3) is 0.615. The lowest BCUT2D eigenvalue weighted by Gasteiger charge is -2.15. The summed E-state index contributed by atoms with van der Waals surface area (Å²) in [5.41, 5.74) is 0. The van der Waals surface area contributed by atoms with E-state index in [1.54, 1.807) is 6.92 Å². The monoisotopic (exact) mass is 285 g/mol. The molecular weight excluding hydrogens is 266 g/mol. The lowest BCUT2D eigenvalue weighted by atomic mass is 10.1. The van der Waals surface area contributed by atoms with Gasteiger partial charge in [0.05, 0.1) is 19.1 Å². The molecule has 0 aromatic carbocycles. The Bertz CT molecular complexity index is 386. The molecule has 0 spiro atoms. The van der Waals surface area contributed by atoms with Crippen LogP contribution in [0.25, 0.3) is 0 Å². The fourth-order valence-electron chi connectivity index (χ4n) is 1.74. The fourth-order valence-corrected chi connectivity index (χ4v) is 1.74. The number of amides is 1. The van der Waals surface area contributed by atoms with Crippen molar-refractivity contribution in [2.24, 2.45) is 5.92 Å². The van der Waals surface area contributed by atoms with Gasteiger partial charge in [-0.2, -0.15) is 0 Å². The Hall–Kier alpha value is -1.89. The number of ether oxygens (including phenoxy) is 2. The topological polar surface area (TPSA) is 102 Å². The summed E-state index contributed by atoms with van der Waals surface area (Å²) < 4.78 is 9.75. The van der Waals surface area contributed by atoms with Crippen LogP contribution in [0.3, 0.4) is 0 Å². The van der Waals surface area contributed by atoms with E-state index in [4.69, 9.17) is 9.84 Å². The maximum absolute atomic E-state index is 11.8. The van der Waals surface area contributed by atoms with Gasteiger partial charge in [0, 0.05) is 12.7 Å². The predicted octanol–water partition coefficient (Wildman–Crippen LogP) is 0.102. The normalized spacial score (nSPS) is 19.8. The van der Waals surface area contributed by atoms with Crippen molar-refractivity contribution >= 4 is 17.8 Å². The molecule has 2 atom stereocenters. The van der Waals surface area contributed by atoms with Crippen LogP contribution in [-0.4, -0.2) is 48.8 Å². The Kier molecular flexibility index (Phi) is 6.72. The molecule has 112 valence electrons. The summed E-state index contributed by atoms with van der Waals surface area (Å²) in [6, 6.07) is -1.06. The van der Waals surface area contributed by atoms with Gasteiger partial charge in [0.2, 0.25) is 5.91 Å². The Morgan fingerprint density at radius 2 is 2.25 bits per heavy atom. The van der Waals surface area contributed by atoms with Crippen LogP contribution in [0.15, 0.2) is 12.2 Å². The first kappa shape index (κ1) is 16.2. The molecule has 0 aliphatic carbocycles. The van der Waals surface area contributed by atoms with Gasteiger partial charge in [0.25, 0.3) is 0 Å². The molecule has 7 nitrogen and oxygen atoms in total. The molecule has 0 saturated carbocycles. The highest BCUT2D eigenvalue weighted by molar-refractivity contribution is 5.85. The summed E-state index contributed by atoms with van der Waals surface area (Å²) in [4.78, 5) is 33.9. The average Bonchev–Trinajstić information content (AvgIpc) is 2.91. The third kappa shape index (κ3) is 5.40. The maximum Gasteiger partial charge on any atom is 0.330 e. The van der Waals surface area contributed by atoms with Crippen LogP contribution in [0.5, 0.6) is 0 Å². The molecule has 0 unspecified atom stereocenters. The van der Waals surface area contributed by atoms with Crippen LogP contribution in [0.4, 0.5) is 0 Å². The molecule has 1 aliphatic rings. The molecule has 1 amide bonds. The first-order chi connectivity index (χ1) is 9.54. The number of carbonyl (C=O) groups is 3. The van der Waals surface area contributed by atoms with Crippen molar-refractivity contribution in [1.82, 2.24) is 5.32 Å². The number of hydrogen-bond donors (Lipinski definition) is 2. The number of carboxylic acid groups (broad SMARTS) is 1. The number of esters is 1. The zero-order chi connectivity index (χ0) is 15.0. The molecule has 0 aromatic rings. The SMILES string of the molecule is CCOC(=O)/C=C/C[C@H](NC(=O)[C@H]1CCOC1)C(=O)O. The highest BCUT2D eigenvalue weighted by Gasteiger charge is 2.27. The zero-order valence-electron chi connectivity index (χ0n) is 11.3. The van der Waals surface area contributed by atoms with Gasteiger partial charge in [-0.05, 0) is 19.8 Å². The van der Waals surface area contributed by atoms with E-state index in [1.807, 2.05) is 0 Å². The Morgan fingerprint density at radius 1 is 1.50 bits per heavy atom. The summed E-state index contributed by atoms with van der Waals surface area (Å²) in [6.07, 6.45) is 3.15. The minimum absolute atomic E-state index is 0.0213. The van der Waals surface area contributed by atoms with Crippen molar-refractivity contribution < 1.29 is 29.0 Å². The molecule has 1 heterocycles. The molecule has 0 radical (unpaired) electrons. The van der Waals surface area contributed by atoms with Crippen LogP contribution in [0.2, 0.25) is 0 Å². The lowest BCUT2D eigenvalue weighted by molar-refractivity contribution is -0.142. The largest absolute Gasteiger partial charge is 0.480 e. The summed E-state index contributed by atoms with van der Waals surface area (Å²) in [6.45, 7) is 2.76. The van der Waals surface area contributed by atoms with Crippen molar-refractivity contribution in [3.05, 3.63) is 12.2 Å². The van der Waals surface area contributed by atoms with Gasteiger partial charge in [-0.15, -0.1) is 0 Å². The molecule has 1 fully saturated rings. The van der Waals surface area contributed by atoms with Gasteiger partial charge >= 0.3 is 11.9 Å². The number of hydrogen-bond acceptors (Lipinski definition) is 5. The van der Waals surface area contributed by atoms with Crippen LogP contribution in [0, 0.1) is 5.92 Å². The Morgan fingerprint density at radius 3 is 2.80 bits per heavy atom. The standard InChI is InChI=1S/C13H19NO6/c1-2-20-11(15)5-3-4-10(13(17)18)14-12(16)9-6-7-19-8-9/h3,5,9-10H,2,4,6-8H2,1H3,(H,14,16)(H,17,18)/b5-3+/t9-,10-/m0/s1. The van der Waals surface area contributed by atoms with Crippen LogP contribution in [-0.2, 0) is 23.9 Å². The molecule has 2 N–H and O–H groups in total. The molecular formula is C13H19NO6. The molecule has 1 saturated heterocycles. The maximum atomic E-state index is 11.8. The zero-order valence-corrected chi connectivity index (χ0v) is 11.3. The summed E-state index contributed by atoms with van der Waals surface area (Å²) >= 11 is 0. The van der Waals surface area contributed by atoms with E-state index in [0.29, 0.717) is 19.6 Å². The van der Waals surface area contributed by atoms with E-state index in [-0.39, 0.29) is 24.9 Å². The Balaban J connectivity index is 2.45. The molecule has 20 heavy (non-hydrogen) atoms. The van der Waals surface area contributed by atoms with Crippen molar-refractivity contribution in [3.63, 3.8) is 0 Å². The van der Waals surface area contributed by atoms with Gasteiger partial charge in [0.1, 0.15) is 6.04 Å². The minimum atomic E-state index is -1.15. The van der Waals surface area contributed by atoms with Gasteiger partial charge in [-0.3, -0.25) is 4.79 Å². The molecule has 1 rings (SSSR count). The van der Waals surface area contributed by atoms with Crippen LogP contribution < -0.4 is 5.32 Å². The van der Waals surface area contributed by atoms with E-state index in [9.17, 15) is 14.4 Å². The van der Waals surface area contributed by atoms with Crippen molar-refractivity contribution in [2.45, 2.75) is 25.8 Å². The van der Waals surface area contributed by atoms with E-state index in [1.165, 1.54) is 6.08 Å². The molecule has 7 heteroatoms. The average molecular weight is 285 g/mol. The summed E-state index contributed by atoms with van der Waals surface area (Å²) in [7, 11) is 0. The number of nitrogens with one attached hydrogen (secondary N) is 1. The predicted molar refractivity (Wildman–Crippen MR) is 68.9 cm³/mol. The molecule has 0 bridgehead atoms. The number of rotatable bonds is 7. The second-order valence-electron chi connectivity index (χ2n) is 4.35. The van der Waals surface area contributed by atoms with E-state index < -0.39 is 18.0 Å². The van der Waals surface area contributed by atoms with Gasteiger partial charge in [0.15, 0.2) is 0 Å². The number of carbonyl (C=O) groups excluding carboxylic acids is 2. The van der Waals surface area contributed by atoms with Crippen LogP contribution in [0.1, 0.15) is 19.8 Å². The van der Waals surface area contributed by atoms with Crippen LogP contribution >= 0.6 is 0 Å². The van der Waals surface area contributed by atoms with Gasteiger partial charge in [-0.25, -0.2) is 9.59 Å². The quantitative estimate of drug-likeness (QED) is 0.508. The number of aliphatic carboxylic acids is 1. The van der Waals surface area contributed by atoms with E-state index in [0.717, 1.165) is 6.08 Å². The Labute approximate surface area is 116 Å². The highest BCUT2D eigenvalue weighted by Crippen LogP contribution is 2.12. The molecule has 0 aromatic heterocycles. The second-order valence-corrected chi connectivity index (χ2v) is 4.35. The lowest BCUT2D eigenvalue weighted by Crippen LogP contribution is -2.43. The van der Waals surface area contributed by atoms with E-state index in [2.05, 4.69) is 10.1 Å². The van der Waals surface area contributed by atoms with Crippen molar-refractivity contribution in [2.75, 3.05) is 19.8 Å². The first-order valence-electron chi connectivity index (χ1n) is 6.48. The van der Waals surface area contributed by atoms with Crippen molar-refractivity contribution in [1.29, 1.82) is 0 Å². The third-order valence-corrected chi connectivity index (χ3v) is 2.83. The third-order valence-electron chi connectivity index (χ3n) is 2.83. The second kappa shape index (κ2) is 8.31. The number of carboxylic acids is 1. The van der Waals surface area contributed by atoms with Gasteiger partial charge < -0.3 is 19.9 Å².